The molecule has 1 aliphatic heterocycles. The van der Waals surface area contributed by atoms with Crippen molar-refractivity contribution in [3.63, 3.8) is 0 Å². The molecule has 0 aromatic heterocycles. The van der Waals surface area contributed by atoms with E-state index in [-0.39, 0.29) is 0 Å². The lowest BCUT2D eigenvalue weighted by Crippen LogP contribution is -2.58. The maximum atomic E-state index is 2.91. The molecule has 0 saturated carbocycles. The van der Waals surface area contributed by atoms with E-state index >= 15 is 0 Å². The van der Waals surface area contributed by atoms with Gasteiger partial charge in [-0.25, -0.2) is 0 Å². The van der Waals surface area contributed by atoms with Crippen LogP contribution in [0.4, 0.5) is 0 Å². The largest absolute Gasteiger partial charge is 0.371 e. The fourth-order valence-corrected chi connectivity index (χ4v) is 8.05. The van der Waals surface area contributed by atoms with Gasteiger partial charge in [-0.1, -0.05) is 30.3 Å². The quantitative estimate of drug-likeness (QED) is 0.653. The van der Waals surface area contributed by atoms with Crippen LogP contribution in [0.15, 0.2) is 52.9 Å². The van der Waals surface area contributed by atoms with Crippen LogP contribution < -0.4 is 5.19 Å². The van der Waals surface area contributed by atoms with Gasteiger partial charge >= 0.3 is 0 Å². The van der Waals surface area contributed by atoms with Gasteiger partial charge in [0, 0.05) is 11.4 Å². The van der Waals surface area contributed by atoms with Crippen LogP contribution >= 0.6 is 0 Å². The third-order valence-electron chi connectivity index (χ3n) is 6.11. The van der Waals surface area contributed by atoms with Crippen LogP contribution in [0, 0.1) is 0 Å². The average molecular weight is 324 g/mol. The molecule has 3 aliphatic rings. The van der Waals surface area contributed by atoms with Crippen molar-refractivity contribution in [2.24, 2.45) is 0 Å². The zero-order valence-electron chi connectivity index (χ0n) is 14.7. The highest BCUT2D eigenvalue weighted by Crippen LogP contribution is 2.45. The monoisotopic (exact) mass is 323 g/mol. The number of benzene rings is 1. The molecule has 1 nitrogen and oxygen atoms in total. The second-order valence-electron chi connectivity index (χ2n) is 7.95. The highest BCUT2D eigenvalue weighted by molar-refractivity contribution is 6.88. The van der Waals surface area contributed by atoms with E-state index < -0.39 is 8.24 Å². The van der Waals surface area contributed by atoms with Gasteiger partial charge in [-0.2, -0.15) is 0 Å². The lowest BCUT2D eigenvalue weighted by Gasteiger charge is -2.49. The molecular formula is C21H29NSi. The molecule has 4 rings (SSSR count). The number of allylic oxidation sites excluding steroid dienone is 4. The summed E-state index contributed by atoms with van der Waals surface area (Å²) in [7, 11) is -1.68. The zero-order chi connectivity index (χ0) is 15.9. The van der Waals surface area contributed by atoms with Crippen LogP contribution in [0.5, 0.6) is 0 Å². The summed E-state index contributed by atoms with van der Waals surface area (Å²) in [4.78, 5) is 0. The molecule has 0 amide bonds. The van der Waals surface area contributed by atoms with Gasteiger partial charge in [0.15, 0.2) is 8.24 Å². The van der Waals surface area contributed by atoms with Gasteiger partial charge < -0.3 is 4.57 Å². The number of hydrogen-bond donors (Lipinski definition) is 0. The highest BCUT2D eigenvalue weighted by Gasteiger charge is 2.40. The summed E-state index contributed by atoms with van der Waals surface area (Å²) < 4.78 is 2.91. The van der Waals surface area contributed by atoms with Crippen molar-refractivity contribution in [2.75, 3.05) is 0 Å². The predicted octanol–water partition coefficient (Wildman–Crippen LogP) is 5.46. The second-order valence-corrected chi connectivity index (χ2v) is 12.1. The maximum Gasteiger partial charge on any atom is 0.186 e. The Bertz CT molecular complexity index is 622. The van der Waals surface area contributed by atoms with Gasteiger partial charge in [0.25, 0.3) is 0 Å². The number of nitrogens with zero attached hydrogens (tertiary/aromatic N) is 1. The Morgan fingerprint density at radius 1 is 0.739 bits per heavy atom. The van der Waals surface area contributed by atoms with Crippen molar-refractivity contribution >= 4 is 13.4 Å². The van der Waals surface area contributed by atoms with Crippen LogP contribution in [0.1, 0.15) is 57.8 Å². The van der Waals surface area contributed by atoms with Crippen LogP contribution in [0.25, 0.3) is 0 Å². The molecule has 0 bridgehead atoms. The molecule has 0 spiro atoms. The molecule has 0 atom stereocenters. The molecule has 0 N–H and O–H groups in total. The SMILES string of the molecule is C[Si](C)(c1ccccc1)N1C2=C(CCCC2)CC2=C1CCCC2. The van der Waals surface area contributed by atoms with Crippen LogP contribution in [-0.4, -0.2) is 12.8 Å². The van der Waals surface area contributed by atoms with E-state index in [2.05, 4.69) is 48.0 Å². The first kappa shape index (κ1) is 15.3. The minimum absolute atomic E-state index is 1.31. The van der Waals surface area contributed by atoms with Gasteiger partial charge in [-0.3, -0.25) is 0 Å². The minimum atomic E-state index is -1.68. The fraction of sp³-hybridized carbons (Fsp3) is 0.524. The predicted molar refractivity (Wildman–Crippen MR) is 101 cm³/mol. The molecule has 0 saturated heterocycles. The fourth-order valence-electron chi connectivity index (χ4n) is 4.89. The van der Waals surface area contributed by atoms with Gasteiger partial charge in [0.2, 0.25) is 0 Å². The summed E-state index contributed by atoms with van der Waals surface area (Å²) in [5, 5.41) is 1.58. The van der Waals surface area contributed by atoms with Crippen LogP contribution in [0.3, 0.4) is 0 Å². The van der Waals surface area contributed by atoms with Crippen molar-refractivity contribution in [2.45, 2.75) is 70.9 Å². The second kappa shape index (κ2) is 5.97. The molecule has 1 aromatic carbocycles. The molecule has 0 fully saturated rings. The number of rotatable bonds is 2. The van der Waals surface area contributed by atoms with E-state index in [0.29, 0.717) is 0 Å². The summed E-state index contributed by atoms with van der Waals surface area (Å²) in [6, 6.07) is 11.3. The molecule has 0 radical (unpaired) electrons. The Hall–Kier alpha value is -1.28. The van der Waals surface area contributed by atoms with Crippen LogP contribution in [-0.2, 0) is 0 Å². The molecule has 2 heteroatoms. The topological polar surface area (TPSA) is 3.24 Å². The summed E-state index contributed by atoms with van der Waals surface area (Å²) in [6.45, 7) is 5.12. The Balaban J connectivity index is 1.82. The van der Waals surface area contributed by atoms with Gasteiger partial charge in [0.1, 0.15) is 0 Å². The first-order chi connectivity index (χ1) is 11.2. The number of hydrogen-bond acceptors (Lipinski definition) is 1. The summed E-state index contributed by atoms with van der Waals surface area (Å²) in [5.41, 5.74) is 7.04. The van der Waals surface area contributed by atoms with Gasteiger partial charge in [0.05, 0.1) is 0 Å². The van der Waals surface area contributed by atoms with E-state index in [1.807, 2.05) is 0 Å². The summed E-state index contributed by atoms with van der Waals surface area (Å²) >= 11 is 0. The molecule has 122 valence electrons. The van der Waals surface area contributed by atoms with E-state index in [9.17, 15) is 0 Å². The Kier molecular flexibility index (Phi) is 3.96. The maximum absolute atomic E-state index is 2.91. The Morgan fingerprint density at radius 2 is 1.26 bits per heavy atom. The zero-order valence-corrected chi connectivity index (χ0v) is 15.7. The Morgan fingerprint density at radius 3 is 1.83 bits per heavy atom. The normalized spacial score (nSPS) is 22.1. The highest BCUT2D eigenvalue weighted by atomic mass is 28.3. The molecule has 1 heterocycles. The first-order valence-electron chi connectivity index (χ1n) is 9.45. The summed E-state index contributed by atoms with van der Waals surface area (Å²) in [6.07, 6.45) is 12.2. The minimum Gasteiger partial charge on any atom is -0.371 e. The molecule has 23 heavy (non-hydrogen) atoms. The first-order valence-corrected chi connectivity index (χ1v) is 12.4. The molecule has 2 aliphatic carbocycles. The van der Waals surface area contributed by atoms with Crippen molar-refractivity contribution in [3.8, 4) is 0 Å². The van der Waals surface area contributed by atoms with Crippen LogP contribution in [0.2, 0.25) is 13.1 Å². The standard InChI is InChI=1S/C21H29NSi/c1-23(2,19-12-4-3-5-13-19)22-20-14-8-6-10-17(20)16-18-11-7-9-15-21(18)22/h3-5,12-13H,6-11,14-16H2,1-2H3. The van der Waals surface area contributed by atoms with Gasteiger partial charge in [-0.15, -0.1) is 0 Å². The van der Waals surface area contributed by atoms with Crippen molar-refractivity contribution in [1.29, 1.82) is 0 Å². The third kappa shape index (κ3) is 2.61. The molecule has 1 aromatic rings. The lowest BCUT2D eigenvalue weighted by molar-refractivity contribution is 0.453. The molecular weight excluding hydrogens is 294 g/mol. The smallest absolute Gasteiger partial charge is 0.186 e. The van der Waals surface area contributed by atoms with Gasteiger partial charge in [-0.05, 0) is 87.2 Å². The van der Waals surface area contributed by atoms with E-state index in [1.54, 1.807) is 27.7 Å². The molecule has 0 unspecified atom stereocenters. The summed E-state index contributed by atoms with van der Waals surface area (Å²) in [5.74, 6) is 0. The van der Waals surface area contributed by atoms with E-state index in [1.165, 1.54) is 57.8 Å². The van der Waals surface area contributed by atoms with Crippen molar-refractivity contribution in [1.82, 2.24) is 4.57 Å². The van der Waals surface area contributed by atoms with Crippen molar-refractivity contribution in [3.05, 3.63) is 52.9 Å². The van der Waals surface area contributed by atoms with E-state index in [4.69, 9.17) is 0 Å². The van der Waals surface area contributed by atoms with Crippen molar-refractivity contribution < 1.29 is 0 Å². The lowest BCUT2D eigenvalue weighted by atomic mass is 9.83. The average Bonchev–Trinajstić information content (AvgIpc) is 2.60. The Labute approximate surface area is 142 Å². The third-order valence-corrected chi connectivity index (χ3v) is 9.51. The van der Waals surface area contributed by atoms with E-state index in [0.717, 1.165) is 0 Å².